The van der Waals surface area contributed by atoms with Crippen LogP contribution >= 0.6 is 0 Å². The minimum absolute atomic E-state index is 0.0743. The molecule has 3 aromatic carbocycles. The zero-order valence-corrected chi connectivity index (χ0v) is 12.5. The Morgan fingerprint density at radius 2 is 1.62 bits per heavy atom. The van der Waals surface area contributed by atoms with Gasteiger partial charge in [0.1, 0.15) is 17.2 Å². The van der Waals surface area contributed by atoms with Gasteiger partial charge in [-0.3, -0.25) is 4.79 Å². The molecule has 0 radical (unpaired) electrons. The van der Waals surface area contributed by atoms with Crippen LogP contribution in [0.25, 0.3) is 10.8 Å². The van der Waals surface area contributed by atoms with E-state index in [0.717, 1.165) is 10.8 Å². The third-order valence-corrected chi connectivity index (χ3v) is 3.49. The molecule has 4 N–H and O–H groups in total. The summed E-state index contributed by atoms with van der Waals surface area (Å²) in [6, 6.07) is 14.5. The van der Waals surface area contributed by atoms with Gasteiger partial charge in [0.05, 0.1) is 11.8 Å². The highest BCUT2D eigenvalue weighted by molar-refractivity contribution is 6.01. The predicted molar refractivity (Wildman–Crippen MR) is 90.4 cm³/mol. The zero-order chi connectivity index (χ0) is 17.1. The molecule has 1 amide bonds. The van der Waals surface area contributed by atoms with Crippen LogP contribution in [0.3, 0.4) is 0 Å². The van der Waals surface area contributed by atoms with Gasteiger partial charge in [-0.1, -0.05) is 24.3 Å². The molecule has 120 valence electrons. The van der Waals surface area contributed by atoms with Gasteiger partial charge in [0.15, 0.2) is 0 Å². The Kier molecular flexibility index (Phi) is 4.03. The summed E-state index contributed by atoms with van der Waals surface area (Å²) in [5, 5.41) is 34.2. The predicted octanol–water partition coefficient (Wildman–Crippen LogP) is 2.72. The minimum atomic E-state index is -0.576. The van der Waals surface area contributed by atoms with E-state index in [1.165, 1.54) is 30.5 Å². The van der Waals surface area contributed by atoms with Crippen LogP contribution in [-0.4, -0.2) is 27.4 Å². The molecule has 3 rings (SSSR count). The third kappa shape index (κ3) is 3.12. The number of hydrogen-bond donors (Lipinski definition) is 4. The lowest BCUT2D eigenvalue weighted by Gasteiger charge is -2.06. The number of aromatic hydroxyl groups is 3. The van der Waals surface area contributed by atoms with E-state index in [9.17, 15) is 20.1 Å². The average molecular weight is 322 g/mol. The van der Waals surface area contributed by atoms with Gasteiger partial charge in [-0.2, -0.15) is 5.10 Å². The van der Waals surface area contributed by atoms with E-state index < -0.39 is 5.91 Å². The summed E-state index contributed by atoms with van der Waals surface area (Å²) < 4.78 is 0. The van der Waals surface area contributed by atoms with Gasteiger partial charge in [0, 0.05) is 11.6 Å². The molecule has 0 aliphatic carbocycles. The van der Waals surface area contributed by atoms with Gasteiger partial charge in [-0.15, -0.1) is 0 Å². The highest BCUT2D eigenvalue weighted by Crippen LogP contribution is 2.25. The number of rotatable bonds is 3. The maximum Gasteiger partial charge on any atom is 0.275 e. The van der Waals surface area contributed by atoms with Crippen molar-refractivity contribution in [2.45, 2.75) is 0 Å². The number of carbonyl (C=O) groups excluding carboxylic acids is 1. The first kappa shape index (κ1) is 15.4. The summed E-state index contributed by atoms with van der Waals surface area (Å²) in [4.78, 5) is 12.2. The van der Waals surface area contributed by atoms with Crippen LogP contribution in [0.2, 0.25) is 0 Å². The topological polar surface area (TPSA) is 102 Å². The third-order valence-electron chi connectivity index (χ3n) is 3.49. The fraction of sp³-hybridized carbons (Fsp3) is 0. The van der Waals surface area contributed by atoms with Crippen molar-refractivity contribution >= 4 is 22.9 Å². The summed E-state index contributed by atoms with van der Waals surface area (Å²) in [7, 11) is 0. The van der Waals surface area contributed by atoms with Crippen LogP contribution in [0.5, 0.6) is 17.2 Å². The first-order chi connectivity index (χ1) is 11.5. The molecular formula is C18H14N2O4. The van der Waals surface area contributed by atoms with E-state index >= 15 is 0 Å². The fourth-order valence-electron chi connectivity index (χ4n) is 2.27. The van der Waals surface area contributed by atoms with Crippen molar-refractivity contribution in [1.29, 1.82) is 0 Å². The largest absolute Gasteiger partial charge is 0.508 e. The summed E-state index contributed by atoms with van der Waals surface area (Å²) in [6.45, 7) is 0. The van der Waals surface area contributed by atoms with Crippen molar-refractivity contribution in [2.24, 2.45) is 5.10 Å². The molecule has 0 saturated carbocycles. The van der Waals surface area contributed by atoms with Gasteiger partial charge in [-0.05, 0) is 35.0 Å². The first-order valence-electron chi connectivity index (χ1n) is 7.12. The molecule has 0 saturated heterocycles. The van der Waals surface area contributed by atoms with Gasteiger partial charge < -0.3 is 15.3 Å². The molecule has 6 heteroatoms. The normalized spacial score (nSPS) is 11.0. The Labute approximate surface area is 137 Å². The Bertz CT molecular complexity index is 951. The van der Waals surface area contributed by atoms with E-state index in [4.69, 9.17) is 0 Å². The lowest BCUT2D eigenvalue weighted by atomic mass is 10.1. The number of phenols is 3. The average Bonchev–Trinajstić information content (AvgIpc) is 2.56. The first-order valence-corrected chi connectivity index (χ1v) is 7.12. The van der Waals surface area contributed by atoms with Gasteiger partial charge in [0.2, 0.25) is 0 Å². The number of benzene rings is 3. The van der Waals surface area contributed by atoms with E-state index in [2.05, 4.69) is 10.5 Å². The van der Waals surface area contributed by atoms with Gasteiger partial charge >= 0.3 is 0 Å². The van der Waals surface area contributed by atoms with E-state index in [0.29, 0.717) is 5.56 Å². The number of carbonyl (C=O) groups is 1. The van der Waals surface area contributed by atoms with Crippen molar-refractivity contribution in [3.8, 4) is 17.2 Å². The van der Waals surface area contributed by atoms with E-state index in [-0.39, 0.29) is 22.8 Å². The Morgan fingerprint density at radius 3 is 2.33 bits per heavy atom. The molecule has 0 atom stereocenters. The maximum atomic E-state index is 12.2. The molecule has 0 aliphatic heterocycles. The smallest absolute Gasteiger partial charge is 0.275 e. The zero-order valence-electron chi connectivity index (χ0n) is 12.5. The van der Waals surface area contributed by atoms with Gasteiger partial charge in [-0.25, -0.2) is 5.43 Å². The van der Waals surface area contributed by atoms with Crippen molar-refractivity contribution < 1.29 is 20.1 Å². The molecular weight excluding hydrogens is 308 g/mol. The molecule has 0 aromatic heterocycles. The van der Waals surface area contributed by atoms with Crippen molar-refractivity contribution in [3.63, 3.8) is 0 Å². The minimum Gasteiger partial charge on any atom is -0.508 e. The maximum absolute atomic E-state index is 12.2. The monoisotopic (exact) mass is 322 g/mol. The van der Waals surface area contributed by atoms with Crippen LogP contribution in [0.4, 0.5) is 0 Å². The molecule has 3 aromatic rings. The van der Waals surface area contributed by atoms with Crippen LogP contribution in [0, 0.1) is 0 Å². The van der Waals surface area contributed by atoms with Crippen LogP contribution < -0.4 is 5.43 Å². The second-order valence-corrected chi connectivity index (χ2v) is 5.16. The van der Waals surface area contributed by atoms with Crippen molar-refractivity contribution in [2.75, 3.05) is 0 Å². The summed E-state index contributed by atoms with van der Waals surface area (Å²) in [6.07, 6.45) is 1.24. The van der Waals surface area contributed by atoms with Crippen LogP contribution in [0.1, 0.15) is 15.9 Å². The highest BCUT2D eigenvalue weighted by Gasteiger charge is 2.11. The molecule has 0 unspecified atom stereocenters. The van der Waals surface area contributed by atoms with Crippen molar-refractivity contribution in [3.05, 3.63) is 65.7 Å². The molecule has 0 heterocycles. The Morgan fingerprint density at radius 1 is 0.917 bits per heavy atom. The lowest BCUT2D eigenvalue weighted by molar-refractivity contribution is 0.0952. The van der Waals surface area contributed by atoms with E-state index in [1.54, 1.807) is 6.07 Å². The molecule has 0 spiro atoms. The second kappa shape index (κ2) is 6.29. The molecule has 0 bridgehead atoms. The molecule has 0 fully saturated rings. The number of phenolic OH excluding ortho intramolecular Hbond substituents is 3. The summed E-state index contributed by atoms with van der Waals surface area (Å²) in [5.41, 5.74) is 2.72. The molecule has 0 aliphatic rings. The summed E-state index contributed by atoms with van der Waals surface area (Å²) >= 11 is 0. The fourth-order valence-corrected chi connectivity index (χ4v) is 2.27. The number of fused-ring (bicyclic) bond motifs is 1. The quantitative estimate of drug-likeness (QED) is 0.440. The molecule has 24 heavy (non-hydrogen) atoms. The standard InChI is InChI=1S/C18H14N2O4/c21-14-6-5-13(16(22)9-14)10-19-20-18(24)15-7-11-3-1-2-4-12(11)8-17(15)23/h1-10,21-23H,(H,20,24). The number of nitrogens with one attached hydrogen (secondary N) is 1. The second-order valence-electron chi connectivity index (χ2n) is 5.16. The highest BCUT2D eigenvalue weighted by atomic mass is 16.3. The van der Waals surface area contributed by atoms with Gasteiger partial charge in [0.25, 0.3) is 5.91 Å². The Hall–Kier alpha value is -3.54. The van der Waals surface area contributed by atoms with E-state index in [1.807, 2.05) is 24.3 Å². The van der Waals surface area contributed by atoms with Crippen molar-refractivity contribution in [1.82, 2.24) is 5.43 Å². The van der Waals surface area contributed by atoms with Crippen LogP contribution in [0.15, 0.2) is 59.7 Å². The SMILES string of the molecule is O=C(NN=Cc1ccc(O)cc1O)c1cc2ccccc2cc1O. The number of nitrogens with zero attached hydrogens (tertiary/aromatic N) is 1. The number of amides is 1. The lowest BCUT2D eigenvalue weighted by Crippen LogP contribution is -2.17. The van der Waals surface area contributed by atoms with Crippen LogP contribution in [-0.2, 0) is 0 Å². The Balaban J connectivity index is 1.80. The molecule has 6 nitrogen and oxygen atoms in total. The number of hydrazone groups is 1. The number of hydrogen-bond acceptors (Lipinski definition) is 5. The summed E-state index contributed by atoms with van der Waals surface area (Å²) in [5.74, 6) is -0.960.